The normalized spacial score (nSPS) is 29.0. The first-order valence-electron chi connectivity index (χ1n) is 6.56. The second-order valence-corrected chi connectivity index (χ2v) is 6.55. The zero-order chi connectivity index (χ0) is 17.4. The number of aromatic nitrogens is 2. The Balaban J connectivity index is 2.40. The van der Waals surface area contributed by atoms with Gasteiger partial charge in [0.05, 0.1) is 0 Å². The maximum absolute atomic E-state index is 11.9. The van der Waals surface area contributed by atoms with Crippen LogP contribution in [0, 0.1) is 0 Å². The number of aliphatic hydroxyl groups excluding tert-OH is 1. The highest BCUT2D eigenvalue weighted by Crippen LogP contribution is 2.41. The molecular weight excluding hydrogens is 331 g/mol. The van der Waals surface area contributed by atoms with Crippen LogP contribution in [-0.2, 0) is 14.0 Å². The van der Waals surface area contributed by atoms with Gasteiger partial charge in [-0.15, -0.1) is 0 Å². The molecule has 1 aromatic rings. The molecule has 4 N–H and O–H groups in total. The van der Waals surface area contributed by atoms with Crippen molar-refractivity contribution < 1.29 is 28.9 Å². The third kappa shape index (κ3) is 3.86. The van der Waals surface area contributed by atoms with E-state index in [2.05, 4.69) is 4.98 Å². The van der Waals surface area contributed by atoms with Crippen molar-refractivity contribution in [1.29, 1.82) is 0 Å². The van der Waals surface area contributed by atoms with Gasteiger partial charge in [-0.3, -0.25) is 18.9 Å². The third-order valence-corrected chi connectivity index (χ3v) is 4.18. The Morgan fingerprint density at radius 1 is 1.48 bits per heavy atom. The van der Waals surface area contributed by atoms with Crippen LogP contribution >= 0.6 is 7.60 Å². The molecule has 1 aliphatic heterocycles. The molecular formula is C12H17N2O8P. The van der Waals surface area contributed by atoms with Gasteiger partial charge in [0.2, 0.25) is 0 Å². The van der Waals surface area contributed by atoms with E-state index < -0.39 is 43.4 Å². The van der Waals surface area contributed by atoms with Gasteiger partial charge >= 0.3 is 13.3 Å². The van der Waals surface area contributed by atoms with Crippen molar-refractivity contribution in [2.24, 2.45) is 0 Å². The molecule has 1 aliphatic rings. The summed E-state index contributed by atoms with van der Waals surface area (Å²) in [6.07, 6.45) is -3.18. The van der Waals surface area contributed by atoms with Crippen LogP contribution in [0.5, 0.6) is 0 Å². The molecule has 4 atom stereocenters. The van der Waals surface area contributed by atoms with E-state index in [0.29, 0.717) is 5.82 Å². The Kier molecular flexibility index (Phi) is 5.04. The minimum Gasteiger partial charge on any atom is -0.387 e. The van der Waals surface area contributed by atoms with E-state index in [1.165, 1.54) is 20.2 Å². The van der Waals surface area contributed by atoms with Crippen LogP contribution in [0.1, 0.15) is 13.2 Å². The third-order valence-electron chi connectivity index (χ3n) is 3.43. The second kappa shape index (κ2) is 6.52. The van der Waals surface area contributed by atoms with Gasteiger partial charge < -0.3 is 24.4 Å². The van der Waals surface area contributed by atoms with Gasteiger partial charge in [0.15, 0.2) is 6.23 Å². The van der Waals surface area contributed by atoms with E-state index in [4.69, 9.17) is 19.3 Å². The predicted molar refractivity (Wildman–Crippen MR) is 77.8 cm³/mol. The lowest BCUT2D eigenvalue weighted by Gasteiger charge is -2.19. The molecule has 23 heavy (non-hydrogen) atoms. The molecule has 0 bridgehead atoms. The summed E-state index contributed by atoms with van der Waals surface area (Å²) in [6, 6.07) is 1.11. The van der Waals surface area contributed by atoms with E-state index in [0.717, 1.165) is 10.6 Å². The topological polar surface area (TPSA) is 151 Å². The first-order chi connectivity index (χ1) is 10.6. The molecule has 1 fully saturated rings. The number of methoxy groups -OCH3 is 1. The molecule has 2 rings (SSSR count). The Labute approximate surface area is 130 Å². The molecule has 10 nitrogen and oxygen atoms in total. The number of hydrogen-bond acceptors (Lipinski definition) is 6. The SMILES string of the molecule is COC1C(O)[C@@H](/C(C)=C/P(=O)(O)O)O[C@H]1n1ccc(=O)[nH]c1=O. The monoisotopic (exact) mass is 348 g/mol. The quantitative estimate of drug-likeness (QED) is 0.500. The minimum atomic E-state index is -4.45. The predicted octanol–water partition coefficient (Wildman–Crippen LogP) is -1.11. The van der Waals surface area contributed by atoms with E-state index in [-0.39, 0.29) is 5.57 Å². The first-order valence-corrected chi connectivity index (χ1v) is 8.24. The molecule has 2 heterocycles. The highest BCUT2D eigenvalue weighted by molar-refractivity contribution is 7.55. The summed E-state index contributed by atoms with van der Waals surface area (Å²) in [4.78, 5) is 43.0. The maximum atomic E-state index is 11.9. The average Bonchev–Trinajstić information content (AvgIpc) is 2.73. The van der Waals surface area contributed by atoms with Crippen LogP contribution in [0.3, 0.4) is 0 Å². The van der Waals surface area contributed by atoms with Crippen LogP contribution in [0.15, 0.2) is 33.2 Å². The Hall–Kier alpha value is -1.55. The summed E-state index contributed by atoms with van der Waals surface area (Å²) in [5, 5.41) is 10.3. The van der Waals surface area contributed by atoms with Gasteiger partial charge in [-0.25, -0.2) is 4.79 Å². The van der Waals surface area contributed by atoms with Gasteiger partial charge in [-0.05, 0) is 12.5 Å². The number of hydrogen-bond donors (Lipinski definition) is 4. The number of H-pyrrole nitrogens is 1. The van der Waals surface area contributed by atoms with Gasteiger partial charge in [-0.1, -0.05) is 0 Å². The molecule has 1 saturated heterocycles. The summed E-state index contributed by atoms with van der Waals surface area (Å²) in [6.45, 7) is 1.39. The van der Waals surface area contributed by atoms with Crippen molar-refractivity contribution in [3.8, 4) is 0 Å². The van der Waals surface area contributed by atoms with Crippen molar-refractivity contribution in [3.05, 3.63) is 44.5 Å². The molecule has 2 unspecified atom stereocenters. The highest BCUT2D eigenvalue weighted by Gasteiger charge is 2.46. The molecule has 0 amide bonds. The Bertz CT molecular complexity index is 763. The highest BCUT2D eigenvalue weighted by atomic mass is 31.2. The first kappa shape index (κ1) is 17.8. The largest absolute Gasteiger partial charge is 0.387 e. The lowest BCUT2D eigenvalue weighted by Crippen LogP contribution is -2.38. The number of aliphatic hydroxyl groups is 1. The van der Waals surface area contributed by atoms with Crippen LogP contribution in [-0.4, -0.2) is 49.9 Å². The van der Waals surface area contributed by atoms with Crippen LogP contribution in [0.25, 0.3) is 0 Å². The van der Waals surface area contributed by atoms with Crippen LogP contribution < -0.4 is 11.2 Å². The summed E-state index contributed by atoms with van der Waals surface area (Å²) in [5.74, 6) is 0.686. The van der Waals surface area contributed by atoms with E-state index in [1.54, 1.807) is 0 Å². The second-order valence-electron chi connectivity index (χ2n) is 5.12. The van der Waals surface area contributed by atoms with Crippen molar-refractivity contribution in [2.45, 2.75) is 31.5 Å². The molecule has 1 aromatic heterocycles. The van der Waals surface area contributed by atoms with E-state index in [9.17, 15) is 19.3 Å². The van der Waals surface area contributed by atoms with Crippen molar-refractivity contribution in [2.75, 3.05) is 7.11 Å². The fourth-order valence-corrected chi connectivity index (χ4v) is 3.15. The summed E-state index contributed by atoms with van der Waals surface area (Å²) >= 11 is 0. The smallest absolute Gasteiger partial charge is 0.349 e. The molecule has 0 aliphatic carbocycles. The zero-order valence-corrected chi connectivity index (χ0v) is 13.2. The lowest BCUT2D eigenvalue weighted by molar-refractivity contribution is -0.0500. The van der Waals surface area contributed by atoms with Crippen LogP contribution in [0.4, 0.5) is 0 Å². The number of rotatable bonds is 4. The molecule has 0 aromatic carbocycles. The zero-order valence-electron chi connectivity index (χ0n) is 12.3. The number of ether oxygens (including phenoxy) is 2. The van der Waals surface area contributed by atoms with Crippen molar-refractivity contribution in [1.82, 2.24) is 9.55 Å². The fourth-order valence-electron chi connectivity index (χ4n) is 2.47. The molecule has 128 valence electrons. The summed E-state index contributed by atoms with van der Waals surface area (Å²) in [5.41, 5.74) is -1.24. The number of nitrogens with zero attached hydrogens (tertiary/aromatic N) is 1. The Morgan fingerprint density at radius 3 is 2.65 bits per heavy atom. The Morgan fingerprint density at radius 2 is 2.13 bits per heavy atom. The molecule has 11 heteroatoms. The average molecular weight is 348 g/mol. The van der Waals surface area contributed by atoms with Gasteiger partial charge in [-0.2, -0.15) is 0 Å². The molecule has 0 saturated carbocycles. The van der Waals surface area contributed by atoms with Crippen molar-refractivity contribution in [3.63, 3.8) is 0 Å². The lowest BCUT2D eigenvalue weighted by atomic mass is 10.1. The maximum Gasteiger partial charge on any atom is 0.349 e. The molecule has 0 radical (unpaired) electrons. The van der Waals surface area contributed by atoms with Gasteiger partial charge in [0.25, 0.3) is 5.56 Å². The van der Waals surface area contributed by atoms with E-state index in [1.807, 2.05) is 0 Å². The summed E-state index contributed by atoms with van der Waals surface area (Å²) in [7, 11) is -3.15. The van der Waals surface area contributed by atoms with Gasteiger partial charge in [0, 0.05) is 25.2 Å². The van der Waals surface area contributed by atoms with Crippen molar-refractivity contribution >= 4 is 7.60 Å². The fraction of sp³-hybridized carbons (Fsp3) is 0.500. The number of nitrogens with one attached hydrogen (secondary N) is 1. The number of aromatic amines is 1. The van der Waals surface area contributed by atoms with E-state index >= 15 is 0 Å². The summed E-state index contributed by atoms with van der Waals surface area (Å²) < 4.78 is 22.8. The van der Waals surface area contributed by atoms with Crippen LogP contribution in [0.2, 0.25) is 0 Å². The van der Waals surface area contributed by atoms with Gasteiger partial charge in [0.1, 0.15) is 18.3 Å². The molecule has 0 spiro atoms. The standard InChI is InChI=1S/C12H17N2O8P/c1-6(5-23(18,19)20)9-8(16)10(21-2)11(22-9)14-4-3-7(15)13-12(14)17/h3-5,8-11,16H,1-2H3,(H,13,15,17)(H2,18,19,20)/b6-5+/t8?,9-,10?,11-/m1/s1. The minimum absolute atomic E-state index is 0.104.